The van der Waals surface area contributed by atoms with Crippen LogP contribution in [0.2, 0.25) is 0 Å². The van der Waals surface area contributed by atoms with Gasteiger partial charge in [0.05, 0.1) is 6.57 Å². The van der Waals surface area contributed by atoms with Gasteiger partial charge in [0.2, 0.25) is 0 Å². The van der Waals surface area contributed by atoms with Crippen molar-refractivity contribution in [1.82, 2.24) is 15.0 Å². The molecule has 0 radical (unpaired) electrons. The Morgan fingerprint density at radius 3 is 1.40 bits per heavy atom. The van der Waals surface area contributed by atoms with Crippen molar-refractivity contribution in [3.05, 3.63) is 230 Å². The van der Waals surface area contributed by atoms with Crippen LogP contribution in [0.25, 0.3) is 137 Å². The van der Waals surface area contributed by atoms with Gasteiger partial charge in [-0.25, -0.2) is 19.8 Å². The predicted molar refractivity (Wildman–Crippen MR) is 276 cm³/mol. The zero-order chi connectivity index (χ0) is 44.4. The average Bonchev–Trinajstić information content (AvgIpc) is 3.78. The van der Waals surface area contributed by atoms with E-state index in [-0.39, 0.29) is 0 Å². The lowest BCUT2D eigenvalue weighted by Gasteiger charge is -2.17. The second kappa shape index (κ2) is 15.5. The van der Waals surface area contributed by atoms with Crippen molar-refractivity contribution in [1.29, 1.82) is 0 Å². The molecule has 13 aromatic rings. The van der Waals surface area contributed by atoms with Gasteiger partial charge in [-0.15, -0.1) is 0 Å². The van der Waals surface area contributed by atoms with Crippen LogP contribution in [0.3, 0.4) is 0 Å². The van der Waals surface area contributed by atoms with Crippen LogP contribution in [0.5, 0.6) is 0 Å². The molecule has 13 rings (SSSR count). The van der Waals surface area contributed by atoms with Crippen molar-refractivity contribution < 1.29 is 4.42 Å². The Bertz CT molecular complexity index is 4170. The molecule has 0 saturated carbocycles. The minimum Gasteiger partial charge on any atom is -0.456 e. The number of fused-ring (bicyclic) bond motifs is 9. The molecule has 0 spiro atoms. The van der Waals surface area contributed by atoms with Crippen molar-refractivity contribution in [3.8, 4) is 67.5 Å². The molecule has 0 unspecified atom stereocenters. The predicted octanol–water partition coefficient (Wildman–Crippen LogP) is 16.9. The van der Waals surface area contributed by atoms with Gasteiger partial charge in [0, 0.05) is 27.5 Å². The van der Waals surface area contributed by atoms with Crippen LogP contribution in [-0.2, 0) is 0 Å². The summed E-state index contributed by atoms with van der Waals surface area (Å²) in [6.07, 6.45) is 0. The van der Waals surface area contributed by atoms with E-state index in [2.05, 4.69) is 144 Å². The molecule has 11 aromatic carbocycles. The molecule has 2 heterocycles. The van der Waals surface area contributed by atoms with Crippen LogP contribution >= 0.6 is 0 Å². The molecule has 0 aliphatic carbocycles. The summed E-state index contributed by atoms with van der Waals surface area (Å²) in [5, 5.41) is 11.3. The lowest BCUT2D eigenvalue weighted by molar-refractivity contribution is 0.669. The SMILES string of the molecule is [C-]#[N+]c1ccc(-c2ccc(-c3cc4c5ccccc5c(-c5cccc(-c6nc(-c7ccccc7)nc(-c7ccc8c(c7)oc7ccccc78)n6)c5)cc4c4ccccc34)cc2)c2ccccc12. The van der Waals surface area contributed by atoms with Gasteiger partial charge in [-0.1, -0.05) is 182 Å². The number of para-hydroxylation sites is 1. The molecule has 0 bridgehead atoms. The van der Waals surface area contributed by atoms with Gasteiger partial charge in [0.1, 0.15) is 11.2 Å². The monoisotopic (exact) mass is 852 g/mol. The van der Waals surface area contributed by atoms with E-state index in [4.69, 9.17) is 25.9 Å². The number of hydrogen-bond acceptors (Lipinski definition) is 4. The van der Waals surface area contributed by atoms with Gasteiger partial charge < -0.3 is 4.42 Å². The van der Waals surface area contributed by atoms with Crippen LogP contribution < -0.4 is 0 Å². The van der Waals surface area contributed by atoms with E-state index in [0.29, 0.717) is 23.2 Å². The Balaban J connectivity index is 0.939. The molecule has 0 N–H and O–H groups in total. The fourth-order valence-electron chi connectivity index (χ4n) is 9.93. The first-order valence-corrected chi connectivity index (χ1v) is 22.4. The Hall–Kier alpha value is -9.24. The van der Waals surface area contributed by atoms with Crippen LogP contribution in [-0.4, -0.2) is 15.0 Å². The van der Waals surface area contributed by atoms with Gasteiger partial charge in [-0.3, -0.25) is 0 Å². The van der Waals surface area contributed by atoms with E-state index in [0.717, 1.165) is 77.2 Å². The van der Waals surface area contributed by atoms with Crippen molar-refractivity contribution in [2.75, 3.05) is 0 Å². The maximum atomic E-state index is 7.70. The smallest absolute Gasteiger partial charge is 0.194 e. The maximum absolute atomic E-state index is 7.70. The number of rotatable bonds is 6. The molecule has 0 aliphatic rings. The minimum absolute atomic E-state index is 0.577. The summed E-state index contributed by atoms with van der Waals surface area (Å²) in [6.45, 7) is 7.70. The zero-order valence-electron chi connectivity index (χ0n) is 36.0. The van der Waals surface area contributed by atoms with E-state index in [9.17, 15) is 0 Å². The molecule has 0 aliphatic heterocycles. The number of nitrogens with zero attached hydrogens (tertiary/aromatic N) is 4. The van der Waals surface area contributed by atoms with Gasteiger partial charge in [-0.2, -0.15) is 0 Å². The maximum Gasteiger partial charge on any atom is 0.194 e. The van der Waals surface area contributed by atoms with Crippen LogP contribution in [0, 0.1) is 6.57 Å². The molecule has 5 nitrogen and oxygen atoms in total. The molecule has 310 valence electrons. The number of hydrogen-bond donors (Lipinski definition) is 0. The lowest BCUT2D eigenvalue weighted by Crippen LogP contribution is -2.00. The molecule has 5 heteroatoms. The average molecular weight is 853 g/mol. The lowest BCUT2D eigenvalue weighted by atomic mass is 9.87. The number of aromatic nitrogens is 3. The minimum atomic E-state index is 0.577. The Kier molecular flexibility index (Phi) is 8.84. The second-order valence-electron chi connectivity index (χ2n) is 17.0. The Labute approximate surface area is 385 Å². The van der Waals surface area contributed by atoms with Crippen molar-refractivity contribution in [2.45, 2.75) is 0 Å². The molecule has 0 fully saturated rings. The van der Waals surface area contributed by atoms with E-state index >= 15 is 0 Å². The summed E-state index contributed by atoms with van der Waals surface area (Å²) < 4.78 is 6.29. The van der Waals surface area contributed by atoms with Crippen LogP contribution in [0.15, 0.2) is 223 Å². The number of furan rings is 1. The third kappa shape index (κ3) is 6.43. The molecule has 67 heavy (non-hydrogen) atoms. The summed E-state index contributed by atoms with van der Waals surface area (Å²) in [7, 11) is 0. The van der Waals surface area contributed by atoms with Crippen molar-refractivity contribution in [3.63, 3.8) is 0 Å². The van der Waals surface area contributed by atoms with Gasteiger partial charge in [-0.05, 0) is 113 Å². The second-order valence-corrected chi connectivity index (χ2v) is 17.0. The summed E-state index contributed by atoms with van der Waals surface area (Å²) in [6, 6.07) is 76.2. The quantitative estimate of drug-likeness (QED) is 0.123. The van der Waals surface area contributed by atoms with E-state index < -0.39 is 0 Å². The standard InChI is InChI=1S/C62H36N4O/c1-63-57-33-32-44(45-18-9-10-23-50(45)57)38-26-28-39(29-27-38)53-36-55-49-22-8-6-20-47(49)54(37-56(55)48-21-7-5-19-46(48)53)41-16-13-17-42(34-41)61-64-60(40-14-3-2-4-15-40)65-62(66-61)43-30-31-52-51-24-11-12-25-58(51)67-59(52)35-43/h2-37H. The van der Waals surface area contributed by atoms with Gasteiger partial charge >= 0.3 is 0 Å². The molecule has 0 saturated heterocycles. The highest BCUT2D eigenvalue weighted by Gasteiger charge is 2.18. The Morgan fingerprint density at radius 2 is 0.746 bits per heavy atom. The molecular weight excluding hydrogens is 817 g/mol. The van der Waals surface area contributed by atoms with Crippen molar-refractivity contribution >= 4 is 70.7 Å². The number of benzene rings is 11. The molecule has 0 atom stereocenters. The van der Waals surface area contributed by atoms with Crippen LogP contribution in [0.4, 0.5) is 5.69 Å². The highest BCUT2D eigenvalue weighted by molar-refractivity contribution is 6.24. The summed E-state index contributed by atoms with van der Waals surface area (Å²) in [4.78, 5) is 19.1. The normalized spacial score (nSPS) is 11.6. The first kappa shape index (κ1) is 38.2. The summed E-state index contributed by atoms with van der Waals surface area (Å²) in [5.74, 6) is 1.77. The summed E-state index contributed by atoms with van der Waals surface area (Å²) >= 11 is 0. The van der Waals surface area contributed by atoms with E-state index in [1.54, 1.807) is 0 Å². The zero-order valence-corrected chi connectivity index (χ0v) is 36.0. The fraction of sp³-hybridized carbons (Fsp3) is 0. The topological polar surface area (TPSA) is 56.2 Å². The highest BCUT2D eigenvalue weighted by atomic mass is 16.3. The van der Waals surface area contributed by atoms with E-state index in [1.807, 2.05) is 78.9 Å². The van der Waals surface area contributed by atoms with Crippen LogP contribution in [0.1, 0.15) is 0 Å². The first-order chi connectivity index (χ1) is 33.1. The molecule has 0 amide bonds. The largest absolute Gasteiger partial charge is 0.456 e. The highest BCUT2D eigenvalue weighted by Crippen LogP contribution is 2.43. The van der Waals surface area contributed by atoms with Crippen molar-refractivity contribution in [2.24, 2.45) is 0 Å². The third-order valence-corrected chi connectivity index (χ3v) is 13.1. The molecule has 2 aromatic heterocycles. The van der Waals surface area contributed by atoms with E-state index in [1.165, 1.54) is 37.9 Å². The Morgan fingerprint density at radius 1 is 0.284 bits per heavy atom. The molecular formula is C62H36N4O. The third-order valence-electron chi connectivity index (χ3n) is 13.1. The van der Waals surface area contributed by atoms with Gasteiger partial charge in [0.15, 0.2) is 23.2 Å². The first-order valence-electron chi connectivity index (χ1n) is 22.4. The summed E-state index contributed by atoms with van der Waals surface area (Å²) in [5.41, 5.74) is 11.8. The van der Waals surface area contributed by atoms with Gasteiger partial charge in [0.25, 0.3) is 0 Å². The fourth-order valence-corrected chi connectivity index (χ4v) is 9.93.